The number of rotatable bonds is 3. The van der Waals surface area contributed by atoms with Crippen molar-refractivity contribution in [3.05, 3.63) is 42.2 Å². The van der Waals surface area contributed by atoms with E-state index in [1.165, 1.54) is 0 Å². The largest absolute Gasteiger partial charge is 0.496 e. The Hall–Kier alpha value is -2.03. The second-order valence-corrected chi connectivity index (χ2v) is 3.82. The Balaban J connectivity index is 2.67. The average Bonchev–Trinajstić information content (AvgIpc) is 2.38. The van der Waals surface area contributed by atoms with Gasteiger partial charge >= 0.3 is 0 Å². The quantitative estimate of drug-likeness (QED) is 0.878. The van der Waals surface area contributed by atoms with Gasteiger partial charge < -0.3 is 10.5 Å². The van der Waals surface area contributed by atoms with Crippen molar-refractivity contribution in [3.8, 4) is 16.9 Å². The third-order valence-electron chi connectivity index (χ3n) is 2.81. The Bertz CT molecular complexity index is 523. The SMILES string of the molecule is CCc1cncc(N)c1-c1ccccc1OC. The third-order valence-corrected chi connectivity index (χ3v) is 2.81. The van der Waals surface area contributed by atoms with E-state index in [1.807, 2.05) is 30.5 Å². The van der Waals surface area contributed by atoms with Gasteiger partial charge in [0.2, 0.25) is 0 Å². The van der Waals surface area contributed by atoms with Gasteiger partial charge in [-0.2, -0.15) is 0 Å². The molecule has 3 heteroatoms. The van der Waals surface area contributed by atoms with Gasteiger partial charge in [-0.15, -0.1) is 0 Å². The van der Waals surface area contributed by atoms with E-state index in [0.29, 0.717) is 5.69 Å². The molecule has 0 atom stereocenters. The summed E-state index contributed by atoms with van der Waals surface area (Å²) in [6, 6.07) is 7.89. The number of ether oxygens (including phenoxy) is 1. The highest BCUT2D eigenvalue weighted by Crippen LogP contribution is 2.35. The number of aryl methyl sites for hydroxylation is 1. The van der Waals surface area contributed by atoms with Crippen LogP contribution in [-0.2, 0) is 6.42 Å². The first kappa shape index (κ1) is 11.5. The first-order chi connectivity index (χ1) is 8.27. The second kappa shape index (κ2) is 4.87. The molecule has 0 fully saturated rings. The Labute approximate surface area is 101 Å². The van der Waals surface area contributed by atoms with Gasteiger partial charge in [-0.1, -0.05) is 25.1 Å². The molecular formula is C14H16N2O. The van der Waals surface area contributed by atoms with Crippen molar-refractivity contribution in [2.45, 2.75) is 13.3 Å². The number of hydrogen-bond donors (Lipinski definition) is 1. The summed E-state index contributed by atoms with van der Waals surface area (Å²) in [6.45, 7) is 2.09. The maximum Gasteiger partial charge on any atom is 0.126 e. The maximum atomic E-state index is 6.03. The van der Waals surface area contributed by atoms with Crippen molar-refractivity contribution in [1.82, 2.24) is 4.98 Å². The highest BCUT2D eigenvalue weighted by molar-refractivity contribution is 5.82. The lowest BCUT2D eigenvalue weighted by Crippen LogP contribution is -1.98. The molecule has 0 unspecified atom stereocenters. The normalized spacial score (nSPS) is 10.2. The fourth-order valence-corrected chi connectivity index (χ4v) is 1.97. The molecule has 88 valence electrons. The summed E-state index contributed by atoms with van der Waals surface area (Å²) in [5.41, 5.74) is 9.90. The van der Waals surface area contributed by atoms with E-state index in [2.05, 4.69) is 11.9 Å². The lowest BCUT2D eigenvalue weighted by Gasteiger charge is -2.13. The van der Waals surface area contributed by atoms with Crippen LogP contribution in [0.3, 0.4) is 0 Å². The van der Waals surface area contributed by atoms with Crippen LogP contribution in [0.4, 0.5) is 5.69 Å². The zero-order valence-electron chi connectivity index (χ0n) is 10.1. The molecule has 2 rings (SSSR count). The van der Waals surface area contributed by atoms with Crippen LogP contribution in [0.25, 0.3) is 11.1 Å². The molecule has 0 aliphatic carbocycles. The Morgan fingerprint density at radius 2 is 2.00 bits per heavy atom. The highest BCUT2D eigenvalue weighted by Gasteiger charge is 2.12. The van der Waals surface area contributed by atoms with Crippen molar-refractivity contribution in [2.75, 3.05) is 12.8 Å². The van der Waals surface area contributed by atoms with Crippen molar-refractivity contribution in [2.24, 2.45) is 0 Å². The molecule has 1 aromatic heterocycles. The summed E-state index contributed by atoms with van der Waals surface area (Å²) in [6.07, 6.45) is 4.44. The second-order valence-electron chi connectivity index (χ2n) is 3.82. The van der Waals surface area contributed by atoms with Crippen LogP contribution in [-0.4, -0.2) is 12.1 Å². The van der Waals surface area contributed by atoms with Crippen LogP contribution in [0.15, 0.2) is 36.7 Å². The first-order valence-electron chi connectivity index (χ1n) is 5.63. The lowest BCUT2D eigenvalue weighted by molar-refractivity contribution is 0.416. The maximum absolute atomic E-state index is 6.03. The minimum Gasteiger partial charge on any atom is -0.496 e. The van der Waals surface area contributed by atoms with Gasteiger partial charge in [0.1, 0.15) is 5.75 Å². The average molecular weight is 228 g/mol. The van der Waals surface area contributed by atoms with Gasteiger partial charge in [-0.05, 0) is 18.1 Å². The van der Waals surface area contributed by atoms with E-state index in [9.17, 15) is 0 Å². The molecular weight excluding hydrogens is 212 g/mol. The van der Waals surface area contributed by atoms with E-state index >= 15 is 0 Å². The summed E-state index contributed by atoms with van der Waals surface area (Å²) in [5.74, 6) is 0.833. The summed E-state index contributed by atoms with van der Waals surface area (Å²) in [5, 5.41) is 0. The van der Waals surface area contributed by atoms with Crippen LogP contribution < -0.4 is 10.5 Å². The number of nitrogens with two attached hydrogens (primary N) is 1. The van der Waals surface area contributed by atoms with Gasteiger partial charge in [-0.25, -0.2) is 0 Å². The summed E-state index contributed by atoms with van der Waals surface area (Å²) < 4.78 is 5.38. The number of aromatic nitrogens is 1. The molecule has 0 radical (unpaired) electrons. The molecule has 3 nitrogen and oxygen atoms in total. The van der Waals surface area contributed by atoms with Crippen LogP contribution in [0.5, 0.6) is 5.75 Å². The van der Waals surface area contributed by atoms with Gasteiger partial charge in [0.15, 0.2) is 0 Å². The summed E-state index contributed by atoms with van der Waals surface area (Å²) in [7, 11) is 1.67. The summed E-state index contributed by atoms with van der Waals surface area (Å²) in [4.78, 5) is 4.13. The van der Waals surface area contributed by atoms with E-state index in [-0.39, 0.29) is 0 Å². The molecule has 0 amide bonds. The van der Waals surface area contributed by atoms with Crippen molar-refractivity contribution in [3.63, 3.8) is 0 Å². The van der Waals surface area contributed by atoms with Gasteiger partial charge in [-0.3, -0.25) is 4.98 Å². The number of benzene rings is 1. The van der Waals surface area contributed by atoms with E-state index in [0.717, 1.165) is 28.9 Å². The molecule has 0 aliphatic rings. The predicted octanol–water partition coefficient (Wildman–Crippen LogP) is 2.90. The molecule has 0 spiro atoms. The van der Waals surface area contributed by atoms with E-state index in [1.54, 1.807) is 13.3 Å². The molecule has 0 aliphatic heterocycles. The fourth-order valence-electron chi connectivity index (χ4n) is 1.97. The first-order valence-corrected chi connectivity index (χ1v) is 5.63. The van der Waals surface area contributed by atoms with Crippen LogP contribution in [0, 0.1) is 0 Å². The minimum absolute atomic E-state index is 0.689. The number of pyridine rings is 1. The van der Waals surface area contributed by atoms with Gasteiger partial charge in [0, 0.05) is 17.3 Å². The number of hydrogen-bond acceptors (Lipinski definition) is 3. The molecule has 0 saturated carbocycles. The molecule has 1 heterocycles. The minimum atomic E-state index is 0.689. The Morgan fingerprint density at radius 3 is 2.71 bits per heavy atom. The predicted molar refractivity (Wildman–Crippen MR) is 70.0 cm³/mol. The zero-order chi connectivity index (χ0) is 12.3. The molecule has 0 bridgehead atoms. The van der Waals surface area contributed by atoms with Gasteiger partial charge in [0.05, 0.1) is 19.0 Å². The smallest absolute Gasteiger partial charge is 0.126 e. The highest BCUT2D eigenvalue weighted by atomic mass is 16.5. The number of para-hydroxylation sites is 1. The lowest BCUT2D eigenvalue weighted by atomic mass is 9.98. The molecule has 2 aromatic rings. The monoisotopic (exact) mass is 228 g/mol. The number of nitrogen functional groups attached to an aromatic ring is 1. The topological polar surface area (TPSA) is 48.1 Å². The Kier molecular flexibility index (Phi) is 3.28. The molecule has 0 saturated heterocycles. The standard InChI is InChI=1S/C14H16N2O/c1-3-10-8-16-9-12(15)14(10)11-6-4-5-7-13(11)17-2/h4-9H,3,15H2,1-2H3. The van der Waals surface area contributed by atoms with Crippen LogP contribution >= 0.6 is 0 Å². The van der Waals surface area contributed by atoms with Crippen molar-refractivity contribution >= 4 is 5.69 Å². The fraction of sp³-hybridized carbons (Fsp3) is 0.214. The van der Waals surface area contributed by atoms with E-state index < -0.39 is 0 Å². The van der Waals surface area contributed by atoms with Crippen molar-refractivity contribution < 1.29 is 4.74 Å². The Morgan fingerprint density at radius 1 is 1.24 bits per heavy atom. The van der Waals surface area contributed by atoms with Crippen LogP contribution in [0.1, 0.15) is 12.5 Å². The van der Waals surface area contributed by atoms with Crippen molar-refractivity contribution in [1.29, 1.82) is 0 Å². The third kappa shape index (κ3) is 2.09. The number of nitrogens with zero attached hydrogens (tertiary/aromatic N) is 1. The van der Waals surface area contributed by atoms with Gasteiger partial charge in [0.25, 0.3) is 0 Å². The zero-order valence-corrected chi connectivity index (χ0v) is 10.1. The van der Waals surface area contributed by atoms with E-state index in [4.69, 9.17) is 10.5 Å². The molecule has 17 heavy (non-hydrogen) atoms. The molecule has 1 aromatic carbocycles. The van der Waals surface area contributed by atoms with Crippen LogP contribution in [0.2, 0.25) is 0 Å². The number of methoxy groups -OCH3 is 1. The number of anilines is 1. The summed E-state index contributed by atoms with van der Waals surface area (Å²) >= 11 is 0. The molecule has 2 N–H and O–H groups in total.